The van der Waals surface area contributed by atoms with E-state index in [-0.39, 0.29) is 37.5 Å². The number of carbonyl (C=O) groups excluding carboxylic acids is 2. The second-order valence-corrected chi connectivity index (χ2v) is 7.94. The van der Waals surface area contributed by atoms with Crippen LogP contribution in [0.25, 0.3) is 0 Å². The van der Waals surface area contributed by atoms with Crippen LogP contribution in [0, 0.1) is 11.6 Å². The van der Waals surface area contributed by atoms with Gasteiger partial charge in [-0.1, -0.05) is 0 Å². The third-order valence-corrected chi connectivity index (χ3v) is 5.63. The number of hydrogen-bond acceptors (Lipinski definition) is 7. The Labute approximate surface area is 192 Å². The van der Waals surface area contributed by atoms with Crippen LogP contribution in [0.3, 0.4) is 0 Å². The maximum atomic E-state index is 15.0. The van der Waals surface area contributed by atoms with Crippen LogP contribution in [-0.4, -0.2) is 62.3 Å². The minimum absolute atomic E-state index is 0.0584. The fourth-order valence-electron chi connectivity index (χ4n) is 3.92. The number of ketones is 1. The highest BCUT2D eigenvalue weighted by molar-refractivity contribution is 5.90. The number of nitrogens with zero attached hydrogens (tertiary/aromatic N) is 3. The third-order valence-electron chi connectivity index (χ3n) is 5.63. The molecule has 34 heavy (non-hydrogen) atoms. The number of alkyl halides is 2. The average molecular weight is 485 g/mol. The summed E-state index contributed by atoms with van der Waals surface area (Å²) in [4.78, 5) is 31.5. The molecule has 3 heterocycles. The molecule has 0 aliphatic carbocycles. The Morgan fingerprint density at radius 3 is 2.59 bits per heavy atom. The lowest BCUT2D eigenvalue weighted by molar-refractivity contribution is -0.157. The summed E-state index contributed by atoms with van der Waals surface area (Å²) < 4.78 is 65.1. The van der Waals surface area contributed by atoms with E-state index in [1.54, 1.807) is 23.5 Å². The Hall–Kier alpha value is -3.12. The summed E-state index contributed by atoms with van der Waals surface area (Å²) in [5, 5.41) is 1.65. The molecule has 0 spiro atoms. The molecule has 1 atom stereocenters. The molecule has 4 rings (SSSR count). The molecule has 2 aliphatic heterocycles. The van der Waals surface area contributed by atoms with E-state index in [1.807, 2.05) is 0 Å². The van der Waals surface area contributed by atoms with Crippen molar-refractivity contribution >= 4 is 23.3 Å². The predicted octanol–water partition coefficient (Wildman–Crippen LogP) is 3.75. The smallest absolute Gasteiger partial charge is 0.414 e. The number of ether oxygens (including phenoxy) is 1. The van der Waals surface area contributed by atoms with Crippen LogP contribution < -0.4 is 9.80 Å². The number of rotatable bonds is 8. The number of amides is 1. The quantitative estimate of drug-likeness (QED) is 0.528. The number of cyclic esters (lactones) is 1. The van der Waals surface area contributed by atoms with Crippen LogP contribution in [0.4, 0.5) is 33.7 Å². The Morgan fingerprint density at radius 2 is 1.91 bits per heavy atom. The Kier molecular flexibility index (Phi) is 7.37. The van der Waals surface area contributed by atoms with E-state index in [0.717, 1.165) is 17.0 Å². The van der Waals surface area contributed by atoms with Crippen molar-refractivity contribution in [2.75, 3.05) is 42.6 Å². The van der Waals surface area contributed by atoms with Gasteiger partial charge in [0.2, 0.25) is 0 Å². The van der Waals surface area contributed by atoms with Crippen molar-refractivity contribution in [2.45, 2.75) is 31.9 Å². The molecule has 1 aromatic heterocycles. The molecular formula is C22H23F4N3O5. The van der Waals surface area contributed by atoms with Gasteiger partial charge < -0.3 is 14.1 Å². The van der Waals surface area contributed by atoms with Crippen molar-refractivity contribution in [1.29, 1.82) is 0 Å². The number of halogens is 4. The molecule has 0 N–H and O–H groups in total. The lowest BCUT2D eigenvalue weighted by Gasteiger charge is -2.24. The van der Waals surface area contributed by atoms with E-state index in [9.17, 15) is 27.2 Å². The molecule has 0 saturated carbocycles. The first-order valence-electron chi connectivity index (χ1n) is 10.7. The van der Waals surface area contributed by atoms with Crippen LogP contribution in [0.2, 0.25) is 0 Å². The topological polar surface area (TPSA) is 75.5 Å². The molecule has 2 aliphatic rings. The first-order chi connectivity index (χ1) is 16.3. The van der Waals surface area contributed by atoms with Crippen LogP contribution in [0.15, 0.2) is 34.9 Å². The summed E-state index contributed by atoms with van der Waals surface area (Å²) in [5.41, 5.74) is -0.296. The lowest BCUT2D eigenvalue weighted by atomic mass is 10.1. The zero-order valence-electron chi connectivity index (χ0n) is 18.1. The highest BCUT2D eigenvalue weighted by atomic mass is 19.3. The minimum Gasteiger partial charge on any atom is -0.468 e. The summed E-state index contributed by atoms with van der Waals surface area (Å²) in [6.07, 6.45) is -3.80. The molecule has 12 heteroatoms. The summed E-state index contributed by atoms with van der Waals surface area (Å²) >= 11 is 0. The Morgan fingerprint density at radius 1 is 1.15 bits per heavy atom. The van der Waals surface area contributed by atoms with E-state index in [1.165, 1.54) is 4.90 Å². The van der Waals surface area contributed by atoms with Gasteiger partial charge in [-0.25, -0.2) is 22.4 Å². The van der Waals surface area contributed by atoms with E-state index in [4.69, 9.17) is 14.0 Å². The van der Waals surface area contributed by atoms with Gasteiger partial charge in [0.15, 0.2) is 17.4 Å². The number of hydrogen-bond donors (Lipinski definition) is 0. The molecule has 0 unspecified atom stereocenters. The van der Waals surface area contributed by atoms with Crippen molar-refractivity contribution in [3.8, 4) is 0 Å². The average Bonchev–Trinajstić information content (AvgIpc) is 3.37. The SMILES string of the molecule is O=C(CC[C@H]1CN(c2cc(F)c(N3CCON(Cc4ccco4)CC3)c(F)c2)C(=O)O1)C(F)F. The molecule has 2 saturated heterocycles. The lowest BCUT2D eigenvalue weighted by Crippen LogP contribution is -2.31. The third kappa shape index (κ3) is 5.50. The van der Waals surface area contributed by atoms with Crippen molar-refractivity contribution in [2.24, 2.45) is 0 Å². The molecule has 8 nitrogen and oxygen atoms in total. The summed E-state index contributed by atoms with van der Waals surface area (Å²) in [5.74, 6) is -2.28. The van der Waals surface area contributed by atoms with Crippen LogP contribution in [-0.2, 0) is 20.9 Å². The fourth-order valence-corrected chi connectivity index (χ4v) is 3.92. The van der Waals surface area contributed by atoms with Crippen molar-refractivity contribution in [3.05, 3.63) is 47.9 Å². The number of anilines is 2. The number of carbonyl (C=O) groups is 2. The monoisotopic (exact) mass is 485 g/mol. The standard InChI is InChI=1S/C22H23F4N3O5/c23-17-10-14(29-13-16(34-22(29)31)3-4-19(30)21(25)26)11-18(24)20(17)27-5-6-28(33-9-7-27)12-15-2-1-8-32-15/h1-2,8,10-11,16,21H,3-7,9,12-13H2/t16-/m0/s1. The van der Waals surface area contributed by atoms with Crippen LogP contribution >= 0.6 is 0 Å². The number of Topliss-reactive ketones (excluding diaryl/α,β-unsaturated/α-hetero) is 1. The van der Waals surface area contributed by atoms with Gasteiger partial charge in [-0.3, -0.25) is 14.5 Å². The highest BCUT2D eigenvalue weighted by Gasteiger charge is 2.34. The van der Waals surface area contributed by atoms with Crippen molar-refractivity contribution < 1.29 is 41.1 Å². The maximum Gasteiger partial charge on any atom is 0.414 e. The molecule has 0 bridgehead atoms. The van der Waals surface area contributed by atoms with E-state index < -0.39 is 42.5 Å². The van der Waals surface area contributed by atoms with Gasteiger partial charge in [-0.05, 0) is 18.6 Å². The van der Waals surface area contributed by atoms with E-state index in [0.29, 0.717) is 25.4 Å². The summed E-state index contributed by atoms with van der Waals surface area (Å²) in [6, 6.07) is 5.61. The summed E-state index contributed by atoms with van der Waals surface area (Å²) in [6.45, 7) is 1.41. The highest BCUT2D eigenvalue weighted by Crippen LogP contribution is 2.32. The molecule has 1 aromatic carbocycles. The Bertz CT molecular complexity index is 997. The van der Waals surface area contributed by atoms with E-state index >= 15 is 0 Å². The predicted molar refractivity (Wildman–Crippen MR) is 112 cm³/mol. The minimum atomic E-state index is -3.09. The van der Waals surface area contributed by atoms with Gasteiger partial charge in [0, 0.05) is 38.2 Å². The first kappa shape index (κ1) is 24.0. The van der Waals surface area contributed by atoms with Crippen LogP contribution in [0.1, 0.15) is 18.6 Å². The first-order valence-corrected chi connectivity index (χ1v) is 10.7. The normalized spacial score (nSPS) is 19.6. The van der Waals surface area contributed by atoms with E-state index in [2.05, 4.69) is 0 Å². The summed E-state index contributed by atoms with van der Waals surface area (Å²) in [7, 11) is 0. The molecule has 184 valence electrons. The molecule has 1 amide bonds. The zero-order chi connectivity index (χ0) is 24.2. The molecule has 0 radical (unpaired) electrons. The largest absolute Gasteiger partial charge is 0.468 e. The zero-order valence-corrected chi connectivity index (χ0v) is 18.1. The van der Waals surface area contributed by atoms with Crippen molar-refractivity contribution in [3.63, 3.8) is 0 Å². The van der Waals surface area contributed by atoms with Gasteiger partial charge in [0.05, 0.1) is 31.6 Å². The van der Waals surface area contributed by atoms with Gasteiger partial charge in [-0.15, -0.1) is 0 Å². The van der Waals surface area contributed by atoms with Crippen LogP contribution in [0.5, 0.6) is 0 Å². The number of benzene rings is 1. The van der Waals surface area contributed by atoms with Gasteiger partial charge >= 0.3 is 6.09 Å². The second kappa shape index (κ2) is 10.4. The molecule has 2 fully saturated rings. The maximum absolute atomic E-state index is 15.0. The van der Waals surface area contributed by atoms with Gasteiger partial charge in [0.25, 0.3) is 6.43 Å². The molecule has 2 aromatic rings. The van der Waals surface area contributed by atoms with Gasteiger partial charge in [-0.2, -0.15) is 5.06 Å². The number of hydroxylamine groups is 2. The van der Waals surface area contributed by atoms with Crippen molar-refractivity contribution in [1.82, 2.24) is 5.06 Å². The fraction of sp³-hybridized carbons (Fsp3) is 0.455. The Balaban J connectivity index is 1.41. The molecular weight excluding hydrogens is 462 g/mol. The van der Waals surface area contributed by atoms with Gasteiger partial charge in [0.1, 0.15) is 17.6 Å². The second-order valence-electron chi connectivity index (χ2n) is 7.94. The number of furan rings is 1.